The molecule has 2 aliphatic rings. The molecule has 2 amide bonds. The second kappa shape index (κ2) is 4.64. The van der Waals surface area contributed by atoms with E-state index in [1.165, 1.54) is 25.7 Å². The van der Waals surface area contributed by atoms with E-state index in [9.17, 15) is 4.79 Å². The Balaban J connectivity index is 1.93. The first-order valence-electron chi connectivity index (χ1n) is 6.62. The van der Waals surface area contributed by atoms with E-state index < -0.39 is 0 Å². The fourth-order valence-electron chi connectivity index (χ4n) is 2.87. The molecule has 2 heterocycles. The lowest BCUT2D eigenvalue weighted by atomic mass is 9.84. The normalized spacial score (nSPS) is 25.6. The number of urea groups is 1. The van der Waals surface area contributed by atoms with Crippen molar-refractivity contribution >= 4 is 6.03 Å². The Labute approximate surface area is 98.8 Å². The van der Waals surface area contributed by atoms with Crippen molar-refractivity contribution in [2.24, 2.45) is 5.41 Å². The van der Waals surface area contributed by atoms with E-state index in [1.807, 2.05) is 4.90 Å². The zero-order valence-electron chi connectivity index (χ0n) is 10.7. The monoisotopic (exact) mass is 224 g/mol. The quantitative estimate of drug-likeness (QED) is 0.620. The lowest BCUT2D eigenvalue weighted by molar-refractivity contribution is 0.0973. The molecule has 0 aromatic carbocycles. The minimum absolute atomic E-state index is 0.285. The van der Waals surface area contributed by atoms with Crippen molar-refractivity contribution in [1.82, 2.24) is 9.80 Å². The Morgan fingerprint density at radius 2 is 1.56 bits per heavy atom. The molecule has 0 aromatic rings. The number of carbonyl (C=O) groups is 1. The van der Waals surface area contributed by atoms with Crippen molar-refractivity contribution in [2.75, 3.05) is 26.2 Å². The summed E-state index contributed by atoms with van der Waals surface area (Å²) in [6.45, 7) is 8.36. The summed E-state index contributed by atoms with van der Waals surface area (Å²) in [5.41, 5.74) is 0.309. The van der Waals surface area contributed by atoms with Crippen molar-refractivity contribution in [3.8, 4) is 0 Å². The number of carbonyl (C=O) groups excluding carboxylic acids is 1. The predicted molar refractivity (Wildman–Crippen MR) is 65.4 cm³/mol. The van der Waals surface area contributed by atoms with Crippen molar-refractivity contribution in [1.29, 1.82) is 0 Å². The first-order chi connectivity index (χ1) is 7.58. The van der Waals surface area contributed by atoms with Gasteiger partial charge in [0.15, 0.2) is 0 Å². The van der Waals surface area contributed by atoms with Crippen LogP contribution in [0.4, 0.5) is 4.79 Å². The summed E-state index contributed by atoms with van der Waals surface area (Å²) in [7, 11) is 0. The molecular formula is C13H24N2O. The molecule has 3 nitrogen and oxygen atoms in total. The van der Waals surface area contributed by atoms with Crippen LogP contribution in [0.5, 0.6) is 0 Å². The van der Waals surface area contributed by atoms with Crippen LogP contribution < -0.4 is 0 Å². The Hall–Kier alpha value is -0.730. The molecule has 2 aliphatic heterocycles. The smallest absolute Gasteiger partial charge is 0.320 e. The molecule has 0 aromatic heterocycles. The van der Waals surface area contributed by atoms with Crippen LogP contribution >= 0.6 is 0 Å². The van der Waals surface area contributed by atoms with E-state index in [2.05, 4.69) is 18.7 Å². The van der Waals surface area contributed by atoms with E-state index in [-0.39, 0.29) is 6.03 Å². The van der Waals surface area contributed by atoms with Crippen LogP contribution in [-0.2, 0) is 0 Å². The number of likely N-dealkylation sites (tertiary alicyclic amines) is 2. The number of hydrogen-bond acceptors (Lipinski definition) is 1. The van der Waals surface area contributed by atoms with Crippen molar-refractivity contribution < 1.29 is 4.79 Å². The van der Waals surface area contributed by atoms with Gasteiger partial charge in [-0.05, 0) is 37.5 Å². The molecule has 0 saturated carbocycles. The predicted octanol–water partition coefficient (Wildman–Crippen LogP) is 2.71. The first-order valence-corrected chi connectivity index (χ1v) is 6.62. The molecule has 0 unspecified atom stereocenters. The standard InChI is InChI=1S/C13H24N2O/c1-13(2)7-6-10-15(11-13)12(16)14-8-4-3-5-9-14/h3-11H2,1-2H3. The van der Waals surface area contributed by atoms with Crippen molar-refractivity contribution in [3.63, 3.8) is 0 Å². The molecule has 0 atom stereocenters. The van der Waals surface area contributed by atoms with E-state index in [0.29, 0.717) is 5.41 Å². The minimum atomic E-state index is 0.285. The van der Waals surface area contributed by atoms with Gasteiger partial charge in [0.2, 0.25) is 0 Å². The lowest BCUT2D eigenvalue weighted by Crippen LogP contribution is -2.50. The van der Waals surface area contributed by atoms with Gasteiger partial charge in [-0.1, -0.05) is 13.8 Å². The van der Waals surface area contributed by atoms with Gasteiger partial charge in [0.25, 0.3) is 0 Å². The van der Waals surface area contributed by atoms with Gasteiger partial charge in [-0.2, -0.15) is 0 Å². The van der Waals surface area contributed by atoms with Crippen LogP contribution in [0.1, 0.15) is 46.0 Å². The van der Waals surface area contributed by atoms with Crippen LogP contribution in [0, 0.1) is 5.41 Å². The Bertz CT molecular complexity index is 257. The molecule has 3 heteroatoms. The van der Waals surface area contributed by atoms with E-state index in [0.717, 1.165) is 32.6 Å². The maximum absolute atomic E-state index is 12.3. The van der Waals surface area contributed by atoms with Crippen molar-refractivity contribution in [3.05, 3.63) is 0 Å². The number of hydrogen-bond donors (Lipinski definition) is 0. The number of nitrogens with zero attached hydrogens (tertiary/aromatic N) is 2. The highest BCUT2D eigenvalue weighted by Crippen LogP contribution is 2.29. The molecule has 2 saturated heterocycles. The minimum Gasteiger partial charge on any atom is -0.325 e. The summed E-state index contributed by atoms with van der Waals surface area (Å²) in [5, 5.41) is 0. The molecular weight excluding hydrogens is 200 g/mol. The second-order valence-corrected chi connectivity index (χ2v) is 6.02. The molecule has 0 spiro atoms. The zero-order valence-corrected chi connectivity index (χ0v) is 10.7. The average Bonchev–Trinajstić information content (AvgIpc) is 2.28. The summed E-state index contributed by atoms with van der Waals surface area (Å²) in [4.78, 5) is 16.4. The van der Waals surface area contributed by atoms with Crippen LogP contribution in [0.3, 0.4) is 0 Å². The van der Waals surface area contributed by atoms with Gasteiger partial charge in [0.1, 0.15) is 0 Å². The highest BCUT2D eigenvalue weighted by Gasteiger charge is 2.31. The SMILES string of the molecule is CC1(C)CCCN(C(=O)N2CCCCC2)C1. The van der Waals surface area contributed by atoms with Gasteiger partial charge in [-0.25, -0.2) is 4.79 Å². The number of rotatable bonds is 0. The van der Waals surface area contributed by atoms with Gasteiger partial charge in [0, 0.05) is 26.2 Å². The van der Waals surface area contributed by atoms with Gasteiger partial charge < -0.3 is 9.80 Å². The van der Waals surface area contributed by atoms with Crippen LogP contribution in [0.25, 0.3) is 0 Å². The summed E-state index contributed by atoms with van der Waals surface area (Å²) < 4.78 is 0. The van der Waals surface area contributed by atoms with Crippen LogP contribution in [0.2, 0.25) is 0 Å². The molecule has 2 fully saturated rings. The number of amides is 2. The highest BCUT2D eigenvalue weighted by molar-refractivity contribution is 5.74. The highest BCUT2D eigenvalue weighted by atomic mass is 16.2. The van der Waals surface area contributed by atoms with E-state index >= 15 is 0 Å². The maximum atomic E-state index is 12.3. The lowest BCUT2D eigenvalue weighted by Gasteiger charge is -2.41. The Kier molecular flexibility index (Phi) is 3.41. The third-order valence-corrected chi connectivity index (χ3v) is 3.80. The maximum Gasteiger partial charge on any atom is 0.320 e. The van der Waals surface area contributed by atoms with E-state index in [1.54, 1.807) is 0 Å². The molecule has 0 bridgehead atoms. The average molecular weight is 224 g/mol. The van der Waals surface area contributed by atoms with Gasteiger partial charge in [-0.15, -0.1) is 0 Å². The third kappa shape index (κ3) is 2.69. The number of piperidine rings is 2. The molecule has 16 heavy (non-hydrogen) atoms. The topological polar surface area (TPSA) is 23.6 Å². The third-order valence-electron chi connectivity index (χ3n) is 3.80. The first kappa shape index (κ1) is 11.7. The molecule has 92 valence electrons. The zero-order chi connectivity index (χ0) is 11.6. The van der Waals surface area contributed by atoms with Gasteiger partial charge in [0.05, 0.1) is 0 Å². The van der Waals surface area contributed by atoms with Crippen LogP contribution in [0.15, 0.2) is 0 Å². The molecule has 0 aliphatic carbocycles. The molecule has 0 N–H and O–H groups in total. The molecule has 0 radical (unpaired) electrons. The summed E-state index contributed by atoms with van der Waals surface area (Å²) in [5.74, 6) is 0. The Morgan fingerprint density at radius 3 is 2.19 bits per heavy atom. The summed E-state index contributed by atoms with van der Waals surface area (Å²) in [6, 6.07) is 0.285. The molecule has 2 rings (SSSR count). The fraction of sp³-hybridized carbons (Fsp3) is 0.923. The van der Waals surface area contributed by atoms with Gasteiger partial charge >= 0.3 is 6.03 Å². The summed E-state index contributed by atoms with van der Waals surface area (Å²) in [6.07, 6.45) is 6.06. The van der Waals surface area contributed by atoms with Crippen molar-refractivity contribution in [2.45, 2.75) is 46.0 Å². The second-order valence-electron chi connectivity index (χ2n) is 6.02. The summed E-state index contributed by atoms with van der Waals surface area (Å²) >= 11 is 0. The van der Waals surface area contributed by atoms with E-state index in [4.69, 9.17) is 0 Å². The Morgan fingerprint density at radius 1 is 0.938 bits per heavy atom. The van der Waals surface area contributed by atoms with Crippen LogP contribution in [-0.4, -0.2) is 42.0 Å². The fourth-order valence-corrected chi connectivity index (χ4v) is 2.87. The van der Waals surface area contributed by atoms with Gasteiger partial charge in [-0.3, -0.25) is 0 Å². The largest absolute Gasteiger partial charge is 0.325 e.